The van der Waals surface area contributed by atoms with E-state index in [-0.39, 0.29) is 23.2 Å². The molecule has 2 aromatic carbocycles. The summed E-state index contributed by atoms with van der Waals surface area (Å²) in [6.45, 7) is 10.8. The van der Waals surface area contributed by atoms with Crippen molar-refractivity contribution in [3.8, 4) is 0 Å². The number of benzene rings is 2. The first kappa shape index (κ1) is 27.4. The lowest BCUT2D eigenvalue weighted by Gasteiger charge is -2.45. The van der Waals surface area contributed by atoms with Gasteiger partial charge < -0.3 is 10.0 Å². The maximum atomic E-state index is 13.7. The Balaban J connectivity index is 1.67. The van der Waals surface area contributed by atoms with E-state index < -0.39 is 29.4 Å². The van der Waals surface area contributed by atoms with Crippen LogP contribution in [0.25, 0.3) is 0 Å². The van der Waals surface area contributed by atoms with Crippen molar-refractivity contribution < 1.29 is 23.1 Å². The predicted octanol–water partition coefficient (Wildman–Crippen LogP) is 7.13. The quantitative estimate of drug-likeness (QED) is 0.462. The fourth-order valence-electron chi connectivity index (χ4n) is 5.63. The highest BCUT2D eigenvalue weighted by Crippen LogP contribution is 2.47. The van der Waals surface area contributed by atoms with Crippen LogP contribution in [-0.2, 0) is 11.0 Å². The molecule has 2 aliphatic rings. The molecule has 1 fully saturated rings. The fourth-order valence-corrected chi connectivity index (χ4v) is 5.63. The smallest absolute Gasteiger partial charge is 0.387 e. The number of aliphatic hydroxyl groups excluding tert-OH is 1. The number of carbonyl (C=O) groups excluding carboxylic acids is 1. The van der Waals surface area contributed by atoms with Crippen LogP contribution in [-0.4, -0.2) is 33.8 Å². The zero-order chi connectivity index (χ0) is 27.2. The average molecular weight is 515 g/mol. The average Bonchev–Trinajstić information content (AvgIpc) is 3.09. The lowest BCUT2D eigenvalue weighted by molar-refractivity contribution is -0.137. The third-order valence-electron chi connectivity index (χ3n) is 8.09. The van der Waals surface area contributed by atoms with Crippen LogP contribution >= 0.6 is 0 Å². The molecule has 0 aromatic heterocycles. The molecule has 0 radical (unpaired) electrons. The number of nitrogens with zero attached hydrogens (tertiary/aromatic N) is 2. The summed E-state index contributed by atoms with van der Waals surface area (Å²) in [6.07, 6.45) is -2.51. The third kappa shape index (κ3) is 5.62. The molecule has 0 saturated heterocycles. The molecule has 0 bridgehead atoms. The molecule has 1 aliphatic heterocycles. The number of alkyl halides is 3. The van der Waals surface area contributed by atoms with Gasteiger partial charge in [0.2, 0.25) is 0 Å². The van der Waals surface area contributed by atoms with Gasteiger partial charge in [-0.05, 0) is 66.2 Å². The lowest BCUT2D eigenvalue weighted by atomic mass is 9.69. The maximum Gasteiger partial charge on any atom is 0.416 e. The maximum absolute atomic E-state index is 13.7. The second-order valence-electron chi connectivity index (χ2n) is 11.9. The van der Waals surface area contributed by atoms with Gasteiger partial charge >= 0.3 is 6.18 Å². The summed E-state index contributed by atoms with van der Waals surface area (Å²) in [5, 5.41) is 11.1. The molecule has 1 N–H and O–H groups in total. The predicted molar refractivity (Wildman–Crippen MR) is 139 cm³/mol. The summed E-state index contributed by atoms with van der Waals surface area (Å²) in [4.78, 5) is 20.2. The van der Waals surface area contributed by atoms with Crippen molar-refractivity contribution in [3.05, 3.63) is 70.8 Å². The van der Waals surface area contributed by atoms with E-state index in [0.717, 1.165) is 30.5 Å². The number of halogens is 3. The summed E-state index contributed by atoms with van der Waals surface area (Å²) >= 11 is 0. The topological polar surface area (TPSA) is 52.9 Å². The largest absolute Gasteiger partial charge is 0.416 e. The first-order valence-corrected chi connectivity index (χ1v) is 13.1. The minimum atomic E-state index is -4.52. The Morgan fingerprint density at radius 2 is 1.62 bits per heavy atom. The Kier molecular flexibility index (Phi) is 7.32. The van der Waals surface area contributed by atoms with E-state index in [1.54, 1.807) is 4.90 Å². The van der Waals surface area contributed by atoms with E-state index in [0.29, 0.717) is 30.2 Å². The minimum Gasteiger partial charge on any atom is -0.387 e. The fraction of sp³-hybridized carbons (Fsp3) is 0.533. The number of hydrogen-bond acceptors (Lipinski definition) is 3. The molecule has 4 nitrogen and oxygen atoms in total. The van der Waals surface area contributed by atoms with Crippen molar-refractivity contribution in [2.75, 3.05) is 6.54 Å². The summed E-state index contributed by atoms with van der Waals surface area (Å²) in [7, 11) is 0. The molecule has 1 atom stereocenters. The number of rotatable bonds is 5. The number of carbonyl (C=O) groups is 1. The first-order chi connectivity index (χ1) is 17.2. The highest BCUT2D eigenvalue weighted by Gasteiger charge is 2.50. The van der Waals surface area contributed by atoms with Crippen molar-refractivity contribution in [3.63, 3.8) is 0 Å². The molecule has 1 spiro atoms. The monoisotopic (exact) mass is 514 g/mol. The standard InChI is InChI=1S/C30H37F3N2O2/c1-19(2)20-9-11-21(12-10-20)25(36)18-35-27(37)26(22-7-6-8-24(17-22)30(31,32)33)34-29(35)15-13-23(14-16-29)28(3,4)5/h6-12,17,19,23,25,36H,13-16,18H2,1-5H3. The summed E-state index contributed by atoms with van der Waals surface area (Å²) in [5.74, 6) is 0.388. The summed E-state index contributed by atoms with van der Waals surface area (Å²) in [6, 6.07) is 12.5. The summed E-state index contributed by atoms with van der Waals surface area (Å²) in [5.41, 5.74) is 0.498. The van der Waals surface area contributed by atoms with Crippen LogP contribution in [0.5, 0.6) is 0 Å². The Labute approximate surface area is 217 Å². The number of hydrogen-bond donors (Lipinski definition) is 1. The third-order valence-corrected chi connectivity index (χ3v) is 8.09. The van der Waals surface area contributed by atoms with Gasteiger partial charge in [-0.1, -0.05) is 71.0 Å². The van der Waals surface area contributed by atoms with E-state index in [1.165, 1.54) is 12.1 Å². The van der Waals surface area contributed by atoms with Crippen molar-refractivity contribution in [1.29, 1.82) is 0 Å². The van der Waals surface area contributed by atoms with E-state index in [4.69, 9.17) is 4.99 Å². The minimum absolute atomic E-state index is 0.0337. The normalized spacial score (nSPS) is 23.6. The zero-order valence-electron chi connectivity index (χ0n) is 22.3. The van der Waals surface area contributed by atoms with Gasteiger partial charge in [0.25, 0.3) is 5.91 Å². The van der Waals surface area contributed by atoms with Gasteiger partial charge in [-0.15, -0.1) is 0 Å². The van der Waals surface area contributed by atoms with Gasteiger partial charge in [-0.3, -0.25) is 9.79 Å². The van der Waals surface area contributed by atoms with E-state index >= 15 is 0 Å². The molecular weight excluding hydrogens is 477 g/mol. The molecule has 1 heterocycles. The Morgan fingerprint density at radius 3 is 2.16 bits per heavy atom. The highest BCUT2D eigenvalue weighted by molar-refractivity contribution is 6.46. The van der Waals surface area contributed by atoms with Crippen LogP contribution < -0.4 is 0 Å². The molecule has 37 heavy (non-hydrogen) atoms. The van der Waals surface area contributed by atoms with Gasteiger partial charge in [-0.25, -0.2) is 0 Å². The van der Waals surface area contributed by atoms with Crippen LogP contribution in [0.4, 0.5) is 13.2 Å². The second kappa shape index (κ2) is 9.90. The van der Waals surface area contributed by atoms with Gasteiger partial charge in [0, 0.05) is 5.56 Å². The molecule has 7 heteroatoms. The molecule has 1 amide bonds. The van der Waals surface area contributed by atoms with Crippen LogP contribution in [0.2, 0.25) is 0 Å². The van der Waals surface area contributed by atoms with Crippen molar-refractivity contribution in [2.45, 2.75) is 84.2 Å². The SMILES string of the molecule is CC(C)c1ccc(C(O)CN2C(=O)C(c3cccc(C(F)(F)F)c3)=NC23CCC(C(C)(C)C)CC3)cc1. The number of aliphatic imine (C=N–C) groups is 1. The van der Waals surface area contributed by atoms with Crippen molar-refractivity contribution in [2.24, 2.45) is 16.3 Å². The van der Waals surface area contributed by atoms with Gasteiger partial charge in [0.05, 0.1) is 18.2 Å². The zero-order valence-corrected chi connectivity index (χ0v) is 22.3. The van der Waals surface area contributed by atoms with E-state index in [2.05, 4.69) is 34.6 Å². The molecule has 1 saturated carbocycles. The van der Waals surface area contributed by atoms with Gasteiger partial charge in [0.15, 0.2) is 0 Å². The second-order valence-corrected chi connectivity index (χ2v) is 11.9. The van der Waals surface area contributed by atoms with E-state index in [1.807, 2.05) is 24.3 Å². The van der Waals surface area contributed by atoms with Crippen LogP contribution in [0.3, 0.4) is 0 Å². The van der Waals surface area contributed by atoms with E-state index in [9.17, 15) is 23.1 Å². The molecule has 2 aromatic rings. The van der Waals surface area contributed by atoms with Crippen LogP contribution in [0.15, 0.2) is 53.5 Å². The summed E-state index contributed by atoms with van der Waals surface area (Å²) < 4.78 is 40.2. The van der Waals surface area contributed by atoms with Crippen LogP contribution in [0.1, 0.15) is 94.6 Å². The molecule has 1 aliphatic carbocycles. The first-order valence-electron chi connectivity index (χ1n) is 13.1. The van der Waals surface area contributed by atoms with Crippen molar-refractivity contribution in [1.82, 2.24) is 4.90 Å². The number of amides is 1. The Morgan fingerprint density at radius 1 is 1.03 bits per heavy atom. The van der Waals surface area contributed by atoms with Crippen molar-refractivity contribution >= 4 is 11.6 Å². The van der Waals surface area contributed by atoms with Gasteiger partial charge in [-0.2, -0.15) is 13.2 Å². The molecule has 1 unspecified atom stereocenters. The number of β-amino-alcohol motifs (C(OH)–C–C–N with tert-alkyl or cyclic N) is 1. The van der Waals surface area contributed by atoms with Crippen LogP contribution in [0, 0.1) is 11.3 Å². The molecule has 200 valence electrons. The Hall–Kier alpha value is -2.67. The van der Waals surface area contributed by atoms with Gasteiger partial charge in [0.1, 0.15) is 11.4 Å². The lowest BCUT2D eigenvalue weighted by Crippen LogP contribution is -2.51. The highest BCUT2D eigenvalue weighted by atomic mass is 19.4. The molecule has 4 rings (SSSR count). The molecular formula is C30H37F3N2O2. The Bertz CT molecular complexity index is 1150. The number of aliphatic hydroxyl groups is 1.